The predicted octanol–water partition coefficient (Wildman–Crippen LogP) is 4.81. The van der Waals surface area contributed by atoms with Crippen LogP contribution in [0.2, 0.25) is 0 Å². The van der Waals surface area contributed by atoms with Gasteiger partial charge in [0.1, 0.15) is 0 Å². The summed E-state index contributed by atoms with van der Waals surface area (Å²) in [5.41, 5.74) is 10.3. The van der Waals surface area contributed by atoms with Crippen LogP contribution in [0.25, 0.3) is 0 Å². The van der Waals surface area contributed by atoms with Crippen LogP contribution >= 0.6 is 0 Å². The van der Waals surface area contributed by atoms with Crippen LogP contribution in [-0.2, 0) is 0 Å². The molecule has 2 aromatic carbocycles. The van der Waals surface area contributed by atoms with E-state index in [1.54, 1.807) is 0 Å². The molecule has 2 aromatic rings. The topological polar surface area (TPSA) is 13.0 Å². The van der Waals surface area contributed by atoms with Crippen LogP contribution in [0.5, 0.6) is 0 Å². The first-order valence-electron chi connectivity index (χ1n) is 9.47. The summed E-state index contributed by atoms with van der Waals surface area (Å²) in [6.45, 7) is 9.65. The number of hydrogen-bond acceptors (Lipinski definition) is 4. The van der Waals surface area contributed by atoms with Crippen LogP contribution in [-0.4, -0.2) is 34.9 Å². The minimum absolute atomic E-state index is 0.839. The Morgan fingerprint density at radius 2 is 0.889 bits per heavy atom. The minimum Gasteiger partial charge on any atom is -0.378 e. The molecule has 0 unspecified atom stereocenters. The van der Waals surface area contributed by atoms with E-state index < -0.39 is 0 Å². The second kappa shape index (κ2) is 7.18. The second-order valence-electron chi connectivity index (χ2n) is 8.02. The zero-order valence-corrected chi connectivity index (χ0v) is 18.0. The number of benzene rings is 2. The van der Waals surface area contributed by atoms with Gasteiger partial charge in [-0.15, -0.1) is 0 Å². The highest BCUT2D eigenvalue weighted by molar-refractivity contribution is 5.72. The molecule has 144 valence electrons. The molecule has 0 amide bonds. The largest absolute Gasteiger partial charge is 0.378 e. The second-order valence-corrected chi connectivity index (χ2v) is 8.02. The van der Waals surface area contributed by atoms with Gasteiger partial charge < -0.3 is 19.6 Å². The molecular formula is C23H32N4. The van der Waals surface area contributed by atoms with Crippen molar-refractivity contribution in [1.29, 1.82) is 0 Å². The Bertz CT molecular complexity index is 762. The molecule has 0 N–H and O–H groups in total. The van der Waals surface area contributed by atoms with Crippen molar-refractivity contribution < 1.29 is 0 Å². The molecule has 1 heterocycles. The number of anilines is 4. The van der Waals surface area contributed by atoms with E-state index in [4.69, 9.17) is 0 Å². The van der Waals surface area contributed by atoms with Crippen LogP contribution in [0, 0.1) is 27.7 Å². The summed E-state index contributed by atoms with van der Waals surface area (Å²) in [5, 5.41) is 0. The first-order valence-corrected chi connectivity index (χ1v) is 9.47. The summed E-state index contributed by atoms with van der Waals surface area (Å²) in [6.07, 6.45) is 4.40. The molecule has 0 radical (unpaired) electrons. The van der Waals surface area contributed by atoms with E-state index in [9.17, 15) is 0 Å². The van der Waals surface area contributed by atoms with Gasteiger partial charge in [-0.25, -0.2) is 0 Å². The van der Waals surface area contributed by atoms with E-state index in [2.05, 4.69) is 112 Å². The van der Waals surface area contributed by atoms with Gasteiger partial charge in [-0.2, -0.15) is 0 Å². The average molecular weight is 365 g/mol. The highest BCUT2D eigenvalue weighted by atomic mass is 15.3. The molecular weight excluding hydrogens is 332 g/mol. The monoisotopic (exact) mass is 364 g/mol. The normalized spacial score (nSPS) is 13.5. The molecule has 27 heavy (non-hydrogen) atoms. The molecule has 0 saturated carbocycles. The zero-order valence-electron chi connectivity index (χ0n) is 18.0. The van der Waals surface area contributed by atoms with Crippen LogP contribution in [0.4, 0.5) is 22.7 Å². The Kier molecular flexibility index (Phi) is 5.09. The average Bonchev–Trinajstić information content (AvgIpc) is 3.02. The lowest BCUT2D eigenvalue weighted by Crippen LogP contribution is -2.27. The van der Waals surface area contributed by atoms with Crippen molar-refractivity contribution >= 4 is 22.7 Å². The molecule has 0 aliphatic carbocycles. The van der Waals surface area contributed by atoms with Gasteiger partial charge in [-0.05, 0) is 74.2 Å². The number of aryl methyl sites for hydroxylation is 4. The molecule has 4 heteroatoms. The van der Waals surface area contributed by atoms with Crippen molar-refractivity contribution in [3.63, 3.8) is 0 Å². The van der Waals surface area contributed by atoms with Gasteiger partial charge in [0.2, 0.25) is 0 Å². The molecule has 4 nitrogen and oxygen atoms in total. The summed E-state index contributed by atoms with van der Waals surface area (Å²) in [4.78, 5) is 9.02. The highest BCUT2D eigenvalue weighted by Crippen LogP contribution is 2.35. The lowest BCUT2D eigenvalue weighted by molar-refractivity contribution is 0.953. The van der Waals surface area contributed by atoms with Gasteiger partial charge in [-0.1, -0.05) is 0 Å². The van der Waals surface area contributed by atoms with Crippen molar-refractivity contribution in [3.05, 3.63) is 58.9 Å². The fourth-order valence-corrected chi connectivity index (χ4v) is 4.00. The standard InChI is InChI=1S/C23H32N4/c1-16-11-20(24(5)6)12-17(2)22(16)26-9-10-27(15-26)23-18(3)13-21(25(7)8)14-19(23)4/h9-14H,15H2,1-8H3. The van der Waals surface area contributed by atoms with E-state index in [1.165, 1.54) is 45.0 Å². The maximum absolute atomic E-state index is 2.35. The van der Waals surface area contributed by atoms with E-state index in [1.807, 2.05) is 0 Å². The van der Waals surface area contributed by atoms with E-state index in [-0.39, 0.29) is 0 Å². The summed E-state index contributed by atoms with van der Waals surface area (Å²) >= 11 is 0. The first kappa shape index (κ1) is 19.2. The maximum Gasteiger partial charge on any atom is 0.0989 e. The van der Waals surface area contributed by atoms with Crippen LogP contribution < -0.4 is 19.6 Å². The predicted molar refractivity (Wildman–Crippen MR) is 119 cm³/mol. The number of rotatable bonds is 4. The van der Waals surface area contributed by atoms with Crippen molar-refractivity contribution in [3.8, 4) is 0 Å². The quantitative estimate of drug-likeness (QED) is 0.772. The van der Waals surface area contributed by atoms with Crippen molar-refractivity contribution in [2.24, 2.45) is 0 Å². The number of hydrogen-bond donors (Lipinski definition) is 0. The Balaban J connectivity index is 1.90. The molecule has 0 fully saturated rings. The third kappa shape index (κ3) is 3.61. The Morgan fingerprint density at radius 3 is 1.15 bits per heavy atom. The third-order valence-electron chi connectivity index (χ3n) is 5.29. The summed E-state index contributed by atoms with van der Waals surface area (Å²) < 4.78 is 0. The van der Waals surface area contributed by atoms with Gasteiger partial charge in [-0.3, -0.25) is 0 Å². The molecule has 1 aliphatic rings. The molecule has 3 rings (SSSR count). The summed E-state index contributed by atoms with van der Waals surface area (Å²) in [7, 11) is 8.37. The zero-order chi connectivity index (χ0) is 19.9. The molecule has 0 spiro atoms. The fourth-order valence-electron chi connectivity index (χ4n) is 4.00. The smallest absolute Gasteiger partial charge is 0.0989 e. The SMILES string of the molecule is Cc1cc(N(C)C)cc(C)c1N1C=CN(c2c(C)cc(N(C)C)cc2C)C1. The third-order valence-corrected chi connectivity index (χ3v) is 5.29. The molecule has 0 atom stereocenters. The number of nitrogens with zero attached hydrogens (tertiary/aromatic N) is 4. The van der Waals surface area contributed by atoms with E-state index in [0.29, 0.717) is 0 Å². The van der Waals surface area contributed by atoms with Gasteiger partial charge >= 0.3 is 0 Å². The van der Waals surface area contributed by atoms with Crippen LogP contribution in [0.15, 0.2) is 36.7 Å². The van der Waals surface area contributed by atoms with Gasteiger partial charge in [0.05, 0.1) is 6.67 Å². The molecule has 0 aromatic heterocycles. The maximum atomic E-state index is 2.35. The Morgan fingerprint density at radius 1 is 0.593 bits per heavy atom. The van der Waals surface area contributed by atoms with Gasteiger partial charge in [0, 0.05) is 63.3 Å². The van der Waals surface area contributed by atoms with Gasteiger partial charge in [0.15, 0.2) is 0 Å². The molecule has 1 aliphatic heterocycles. The highest BCUT2D eigenvalue weighted by Gasteiger charge is 2.21. The summed E-state index contributed by atoms with van der Waals surface area (Å²) in [5.74, 6) is 0. The van der Waals surface area contributed by atoms with Crippen molar-refractivity contribution in [2.45, 2.75) is 27.7 Å². The van der Waals surface area contributed by atoms with Crippen LogP contribution in [0.3, 0.4) is 0 Å². The lowest BCUT2D eigenvalue weighted by atomic mass is 10.1. The van der Waals surface area contributed by atoms with Crippen molar-refractivity contribution in [2.75, 3.05) is 54.5 Å². The first-order chi connectivity index (χ1) is 12.7. The van der Waals surface area contributed by atoms with E-state index in [0.717, 1.165) is 6.67 Å². The Labute approximate surface area is 164 Å². The molecule has 0 bridgehead atoms. The van der Waals surface area contributed by atoms with Gasteiger partial charge in [0.25, 0.3) is 0 Å². The van der Waals surface area contributed by atoms with Crippen LogP contribution in [0.1, 0.15) is 22.3 Å². The van der Waals surface area contributed by atoms with Crippen molar-refractivity contribution in [1.82, 2.24) is 0 Å². The summed E-state index contributed by atoms with van der Waals surface area (Å²) in [6, 6.07) is 9.06. The lowest BCUT2D eigenvalue weighted by Gasteiger charge is -2.28. The molecule has 0 saturated heterocycles. The Hall–Kier alpha value is -2.62. The minimum atomic E-state index is 0.839. The fraction of sp³-hybridized carbons (Fsp3) is 0.391. The van der Waals surface area contributed by atoms with E-state index >= 15 is 0 Å².